The van der Waals surface area contributed by atoms with E-state index in [1.807, 2.05) is 0 Å². The fourth-order valence-corrected chi connectivity index (χ4v) is 1.43. The quantitative estimate of drug-likeness (QED) is 0.377. The van der Waals surface area contributed by atoms with Gasteiger partial charge in [0.05, 0.1) is 4.92 Å². The first kappa shape index (κ1) is 11.4. The van der Waals surface area contributed by atoms with Gasteiger partial charge in [0, 0.05) is 6.07 Å². The number of ether oxygens (including phenoxy) is 1. The zero-order valence-electron chi connectivity index (χ0n) is 7.57. The van der Waals surface area contributed by atoms with Crippen LogP contribution in [0.5, 0.6) is 5.75 Å². The molecule has 0 saturated carbocycles. The topological polar surface area (TPSA) is 102 Å². The smallest absolute Gasteiger partial charge is 0.287 e. The molecule has 0 aliphatic rings. The minimum Gasteiger partial charge on any atom is -0.484 e. The molecular weight excluding hydrogens is 266 g/mol. The number of hydrogen-bond donors (Lipinski definition) is 2. The Balaban J connectivity index is 2.94. The lowest BCUT2D eigenvalue weighted by atomic mass is 10.3. The molecule has 0 unspecified atom stereocenters. The number of nitrogens with two attached hydrogens (primary N) is 1. The molecule has 7 heteroatoms. The van der Waals surface area contributed by atoms with Gasteiger partial charge in [-0.1, -0.05) is 6.07 Å². The fourth-order valence-electron chi connectivity index (χ4n) is 0.907. The lowest BCUT2D eigenvalue weighted by molar-refractivity contribution is -0.385. The molecule has 0 aromatic heterocycles. The number of nitrogens with one attached hydrogen (secondary N) is 1. The minimum atomic E-state index is -0.523. The van der Waals surface area contributed by atoms with Crippen molar-refractivity contribution in [3.8, 4) is 5.75 Å². The third kappa shape index (κ3) is 2.91. The van der Waals surface area contributed by atoms with E-state index in [9.17, 15) is 10.1 Å². The van der Waals surface area contributed by atoms with Crippen LogP contribution in [0.3, 0.4) is 0 Å². The van der Waals surface area contributed by atoms with E-state index in [-0.39, 0.29) is 22.6 Å². The van der Waals surface area contributed by atoms with Gasteiger partial charge in [0.25, 0.3) is 5.69 Å². The number of hydrogen-bond acceptors (Lipinski definition) is 4. The van der Waals surface area contributed by atoms with Crippen LogP contribution in [0, 0.1) is 15.5 Å². The Kier molecular flexibility index (Phi) is 3.62. The average Bonchev–Trinajstić information content (AvgIpc) is 2.15. The summed E-state index contributed by atoms with van der Waals surface area (Å²) in [5.41, 5.74) is 5.01. The van der Waals surface area contributed by atoms with Crippen LogP contribution < -0.4 is 10.5 Å². The van der Waals surface area contributed by atoms with Crippen LogP contribution in [-0.2, 0) is 0 Å². The first-order chi connectivity index (χ1) is 7.02. The molecule has 0 fully saturated rings. The molecule has 0 amide bonds. The molecule has 3 N–H and O–H groups in total. The molecule has 0 bridgehead atoms. The Morgan fingerprint density at radius 3 is 2.87 bits per heavy atom. The summed E-state index contributed by atoms with van der Waals surface area (Å²) in [6.07, 6.45) is 0. The molecule has 0 heterocycles. The monoisotopic (exact) mass is 273 g/mol. The van der Waals surface area contributed by atoms with Crippen LogP contribution in [-0.4, -0.2) is 17.4 Å². The van der Waals surface area contributed by atoms with Gasteiger partial charge in [0.2, 0.25) is 0 Å². The second-order valence-electron chi connectivity index (χ2n) is 2.66. The fraction of sp³-hybridized carbons (Fsp3) is 0.125. The van der Waals surface area contributed by atoms with Gasteiger partial charge in [-0.05, 0) is 22.0 Å². The van der Waals surface area contributed by atoms with Gasteiger partial charge in [-0.15, -0.1) is 0 Å². The Morgan fingerprint density at radius 2 is 2.33 bits per heavy atom. The van der Waals surface area contributed by atoms with Crippen molar-refractivity contribution in [3.63, 3.8) is 0 Å². The summed E-state index contributed by atoms with van der Waals surface area (Å²) >= 11 is 3.05. The van der Waals surface area contributed by atoms with E-state index in [2.05, 4.69) is 15.9 Å². The van der Waals surface area contributed by atoms with E-state index < -0.39 is 4.92 Å². The van der Waals surface area contributed by atoms with Crippen molar-refractivity contribution in [1.82, 2.24) is 0 Å². The molecule has 0 radical (unpaired) electrons. The lowest BCUT2D eigenvalue weighted by Gasteiger charge is -2.06. The van der Waals surface area contributed by atoms with Crippen molar-refractivity contribution < 1.29 is 9.66 Å². The van der Waals surface area contributed by atoms with Gasteiger partial charge in [-0.2, -0.15) is 0 Å². The molecule has 0 aliphatic heterocycles. The largest absolute Gasteiger partial charge is 0.484 e. The van der Waals surface area contributed by atoms with Crippen LogP contribution in [0.25, 0.3) is 0 Å². The van der Waals surface area contributed by atoms with E-state index in [0.29, 0.717) is 5.75 Å². The zero-order valence-corrected chi connectivity index (χ0v) is 9.15. The van der Waals surface area contributed by atoms with Crippen molar-refractivity contribution in [2.75, 3.05) is 6.61 Å². The van der Waals surface area contributed by atoms with Crippen LogP contribution in [0.4, 0.5) is 5.69 Å². The Labute approximate surface area is 93.8 Å². The second kappa shape index (κ2) is 4.74. The highest BCUT2D eigenvalue weighted by Crippen LogP contribution is 2.33. The average molecular weight is 274 g/mol. The summed E-state index contributed by atoms with van der Waals surface area (Å²) in [6.45, 7) is -0.0975. The van der Waals surface area contributed by atoms with Gasteiger partial charge >= 0.3 is 0 Å². The van der Waals surface area contributed by atoms with Gasteiger partial charge in [-0.25, -0.2) is 0 Å². The molecule has 1 aromatic carbocycles. The summed E-state index contributed by atoms with van der Waals surface area (Å²) in [5, 5.41) is 17.5. The van der Waals surface area contributed by atoms with Crippen LogP contribution >= 0.6 is 15.9 Å². The normalized spacial score (nSPS) is 9.67. The third-order valence-electron chi connectivity index (χ3n) is 1.52. The second-order valence-corrected chi connectivity index (χ2v) is 3.45. The van der Waals surface area contributed by atoms with Crippen LogP contribution in [0.15, 0.2) is 22.7 Å². The first-order valence-corrected chi connectivity index (χ1v) is 4.70. The number of amidine groups is 1. The molecule has 80 valence electrons. The van der Waals surface area contributed by atoms with E-state index in [4.69, 9.17) is 15.9 Å². The van der Waals surface area contributed by atoms with Crippen molar-refractivity contribution in [3.05, 3.63) is 32.8 Å². The van der Waals surface area contributed by atoms with E-state index in [0.717, 1.165) is 0 Å². The maximum absolute atomic E-state index is 10.6. The van der Waals surface area contributed by atoms with Crippen LogP contribution in [0.1, 0.15) is 0 Å². The Bertz CT molecular complexity index is 408. The summed E-state index contributed by atoms with van der Waals surface area (Å²) in [5.74, 6) is 0.146. The molecule has 0 spiro atoms. The Morgan fingerprint density at radius 1 is 1.67 bits per heavy atom. The predicted molar refractivity (Wildman–Crippen MR) is 58.2 cm³/mol. The summed E-state index contributed by atoms with van der Waals surface area (Å²) in [4.78, 5) is 10.0. The maximum atomic E-state index is 10.6. The van der Waals surface area contributed by atoms with Crippen molar-refractivity contribution in [2.24, 2.45) is 5.73 Å². The molecule has 1 rings (SSSR count). The number of halogens is 1. The van der Waals surface area contributed by atoms with E-state index in [1.54, 1.807) is 6.07 Å². The first-order valence-electron chi connectivity index (χ1n) is 3.91. The highest BCUT2D eigenvalue weighted by atomic mass is 79.9. The molecule has 0 atom stereocenters. The predicted octanol–water partition coefficient (Wildman–Crippen LogP) is 1.67. The Hall–Kier alpha value is -1.63. The van der Waals surface area contributed by atoms with E-state index in [1.165, 1.54) is 12.1 Å². The van der Waals surface area contributed by atoms with Crippen molar-refractivity contribution in [1.29, 1.82) is 5.41 Å². The number of nitro groups is 1. The molecular formula is C8H8BrN3O3. The van der Waals surface area contributed by atoms with E-state index >= 15 is 0 Å². The molecule has 1 aromatic rings. The van der Waals surface area contributed by atoms with Crippen LogP contribution in [0.2, 0.25) is 0 Å². The summed E-state index contributed by atoms with van der Waals surface area (Å²) in [7, 11) is 0. The highest BCUT2D eigenvalue weighted by molar-refractivity contribution is 9.10. The number of nitrogens with zero attached hydrogens (tertiary/aromatic N) is 1. The number of rotatable bonds is 4. The van der Waals surface area contributed by atoms with Gasteiger partial charge < -0.3 is 10.5 Å². The number of nitro benzene ring substituents is 1. The minimum absolute atomic E-state index is 0.0870. The maximum Gasteiger partial charge on any atom is 0.287 e. The third-order valence-corrected chi connectivity index (χ3v) is 2.32. The summed E-state index contributed by atoms with van der Waals surface area (Å²) < 4.78 is 5.33. The SMILES string of the molecule is N=C(N)COc1cccc([N+](=O)[O-])c1Br. The highest BCUT2D eigenvalue weighted by Gasteiger charge is 2.15. The molecule has 0 saturated heterocycles. The zero-order chi connectivity index (χ0) is 11.4. The summed E-state index contributed by atoms with van der Waals surface area (Å²) in [6, 6.07) is 4.41. The van der Waals surface area contributed by atoms with Crippen molar-refractivity contribution in [2.45, 2.75) is 0 Å². The van der Waals surface area contributed by atoms with Gasteiger partial charge in [0.15, 0.2) is 0 Å². The molecule has 0 aliphatic carbocycles. The van der Waals surface area contributed by atoms with Crippen molar-refractivity contribution >= 4 is 27.5 Å². The lowest BCUT2D eigenvalue weighted by Crippen LogP contribution is -2.19. The van der Waals surface area contributed by atoms with Gasteiger partial charge in [0.1, 0.15) is 22.7 Å². The molecule has 15 heavy (non-hydrogen) atoms. The van der Waals surface area contributed by atoms with Gasteiger partial charge in [-0.3, -0.25) is 15.5 Å². The standard InChI is InChI=1S/C8H8BrN3O3/c9-8-5(12(13)14)2-1-3-6(8)15-4-7(10)11/h1-3H,4H2,(H3,10,11). The number of benzene rings is 1. The molecule has 6 nitrogen and oxygen atoms in total.